The van der Waals surface area contributed by atoms with E-state index in [1.165, 1.54) is 13.2 Å². The first kappa shape index (κ1) is 25.2. The number of anilines is 2. The highest BCUT2D eigenvalue weighted by Crippen LogP contribution is 2.41. The topological polar surface area (TPSA) is 53.4 Å². The summed E-state index contributed by atoms with van der Waals surface area (Å²) in [6, 6.07) is 9.58. The summed E-state index contributed by atoms with van der Waals surface area (Å²) in [6.45, 7) is 5.93. The van der Waals surface area contributed by atoms with Crippen molar-refractivity contribution in [1.82, 2.24) is 9.88 Å². The van der Waals surface area contributed by atoms with Gasteiger partial charge in [0.15, 0.2) is 0 Å². The van der Waals surface area contributed by atoms with E-state index in [-0.39, 0.29) is 12.1 Å². The molecule has 11 heteroatoms. The molecule has 2 aromatic heterocycles. The minimum atomic E-state index is -4.47. The van der Waals surface area contributed by atoms with Gasteiger partial charge in [-0.3, -0.25) is 0 Å². The van der Waals surface area contributed by atoms with Crippen LogP contribution in [0.5, 0.6) is 11.6 Å². The number of halogens is 3. The zero-order valence-electron chi connectivity index (χ0n) is 21.0. The quantitative estimate of drug-likeness (QED) is 0.425. The molecule has 1 fully saturated rings. The summed E-state index contributed by atoms with van der Waals surface area (Å²) < 4.78 is 51.8. The molecule has 0 spiro atoms. The monoisotopic (exact) mass is 531 g/mol. The smallest absolute Gasteiger partial charge is 0.416 e. The van der Waals surface area contributed by atoms with Crippen LogP contribution in [0.4, 0.5) is 30.2 Å². The maximum atomic E-state index is 13.7. The number of pyridine rings is 1. The van der Waals surface area contributed by atoms with Crippen molar-refractivity contribution >= 4 is 34.4 Å². The fraction of sp³-hybridized carbons (Fsp3) is 0.385. The molecule has 0 bridgehead atoms. The van der Waals surface area contributed by atoms with Gasteiger partial charge in [-0.05, 0) is 49.6 Å². The summed E-state index contributed by atoms with van der Waals surface area (Å²) in [6.07, 6.45) is -2.74. The van der Waals surface area contributed by atoms with E-state index in [0.29, 0.717) is 42.9 Å². The van der Waals surface area contributed by atoms with Gasteiger partial charge in [0.1, 0.15) is 5.75 Å². The number of hydrogen-bond donors (Lipinski definition) is 0. The van der Waals surface area contributed by atoms with E-state index in [1.807, 2.05) is 28.5 Å². The summed E-state index contributed by atoms with van der Waals surface area (Å²) in [5, 5.41) is 1.96. The number of guanidine groups is 1. The largest absolute Gasteiger partial charge is 0.495 e. The number of hydrogen-bond acceptors (Lipinski definition) is 8. The lowest BCUT2D eigenvalue weighted by atomic mass is 10.1. The van der Waals surface area contributed by atoms with Crippen LogP contribution in [-0.4, -0.2) is 55.2 Å². The van der Waals surface area contributed by atoms with Crippen LogP contribution in [0.2, 0.25) is 0 Å². The van der Waals surface area contributed by atoms with Crippen LogP contribution in [0.15, 0.2) is 53.0 Å². The molecule has 0 saturated carbocycles. The number of aliphatic imine (C=N–C) groups is 1. The van der Waals surface area contributed by atoms with Crippen molar-refractivity contribution in [2.24, 2.45) is 4.99 Å². The fourth-order valence-electron chi connectivity index (χ4n) is 5.11. The maximum absolute atomic E-state index is 13.7. The minimum Gasteiger partial charge on any atom is -0.495 e. The highest BCUT2D eigenvalue weighted by Gasteiger charge is 2.37. The molecule has 2 aliphatic heterocycles. The van der Waals surface area contributed by atoms with E-state index < -0.39 is 11.7 Å². The number of ether oxygens (including phenoxy) is 2. The fourth-order valence-corrected chi connectivity index (χ4v) is 5.91. The number of benzene rings is 1. The average molecular weight is 532 g/mol. The number of methoxy groups -OCH3 is 2. The maximum Gasteiger partial charge on any atom is 0.416 e. The molecule has 196 valence electrons. The Kier molecular flexibility index (Phi) is 6.65. The third-order valence-electron chi connectivity index (χ3n) is 6.71. The molecule has 4 heterocycles. The second-order valence-corrected chi connectivity index (χ2v) is 10.2. The molecular formula is C26H28F3N5O2S. The van der Waals surface area contributed by atoms with Gasteiger partial charge >= 0.3 is 6.18 Å². The van der Waals surface area contributed by atoms with Crippen molar-refractivity contribution in [2.45, 2.75) is 38.7 Å². The van der Waals surface area contributed by atoms with Crippen LogP contribution in [0.25, 0.3) is 0 Å². The Labute approximate surface area is 217 Å². The first-order valence-electron chi connectivity index (χ1n) is 11.9. The number of nitrogens with zero attached hydrogens (tertiary/aromatic N) is 5. The molecule has 0 aliphatic carbocycles. The van der Waals surface area contributed by atoms with Crippen LogP contribution in [0.1, 0.15) is 24.3 Å². The Hall–Kier alpha value is -3.47. The van der Waals surface area contributed by atoms with Gasteiger partial charge in [0.25, 0.3) is 0 Å². The van der Waals surface area contributed by atoms with Crippen molar-refractivity contribution in [2.75, 3.05) is 37.1 Å². The van der Waals surface area contributed by atoms with Crippen LogP contribution >= 0.6 is 11.3 Å². The predicted octanol–water partition coefficient (Wildman–Crippen LogP) is 5.79. The Morgan fingerprint density at radius 1 is 1.00 bits per heavy atom. The standard InChI is InChI=1S/C26H28F3N5O2S/c1-16-13-32(14-17(2)34(16)19-7-9-30-24(12-19)36-4)25-31-20-8-10-37-23(20)15-33(25)21-11-18(26(27,28)29)5-6-22(21)35-3/h5-12,16-17H,13-15H2,1-4H3. The number of alkyl halides is 3. The molecule has 1 aromatic carbocycles. The number of aromatic nitrogens is 1. The Morgan fingerprint density at radius 2 is 1.76 bits per heavy atom. The van der Waals surface area contributed by atoms with E-state index in [0.717, 1.165) is 28.4 Å². The van der Waals surface area contributed by atoms with Gasteiger partial charge in [0.2, 0.25) is 11.8 Å². The lowest BCUT2D eigenvalue weighted by Gasteiger charge is -2.48. The van der Waals surface area contributed by atoms with Gasteiger partial charge in [0.05, 0.1) is 42.6 Å². The summed E-state index contributed by atoms with van der Waals surface area (Å²) >= 11 is 1.54. The number of rotatable bonds is 4. The molecule has 0 N–H and O–H groups in total. The molecule has 37 heavy (non-hydrogen) atoms. The van der Waals surface area contributed by atoms with Gasteiger partial charge in [-0.2, -0.15) is 13.2 Å². The zero-order chi connectivity index (χ0) is 26.3. The number of fused-ring (bicyclic) bond motifs is 1. The van der Waals surface area contributed by atoms with E-state index in [2.05, 4.69) is 28.6 Å². The van der Waals surface area contributed by atoms with Crippen LogP contribution in [-0.2, 0) is 12.7 Å². The van der Waals surface area contributed by atoms with Crippen molar-refractivity contribution < 1.29 is 22.6 Å². The Bertz CT molecular complexity index is 1300. The van der Waals surface area contributed by atoms with Gasteiger partial charge in [0, 0.05) is 43.1 Å². The van der Waals surface area contributed by atoms with E-state index in [9.17, 15) is 13.2 Å². The zero-order valence-corrected chi connectivity index (χ0v) is 21.8. The average Bonchev–Trinajstić information content (AvgIpc) is 3.34. The molecule has 0 radical (unpaired) electrons. The molecule has 1 saturated heterocycles. The molecule has 2 atom stereocenters. The van der Waals surface area contributed by atoms with Crippen molar-refractivity contribution in [1.29, 1.82) is 0 Å². The predicted molar refractivity (Wildman–Crippen MR) is 139 cm³/mol. The normalized spacial score (nSPS) is 20.0. The highest BCUT2D eigenvalue weighted by atomic mass is 32.1. The molecule has 0 amide bonds. The van der Waals surface area contributed by atoms with Gasteiger partial charge in [-0.1, -0.05) is 0 Å². The molecule has 5 rings (SSSR count). The van der Waals surface area contributed by atoms with E-state index in [1.54, 1.807) is 24.6 Å². The first-order valence-corrected chi connectivity index (χ1v) is 12.8. The van der Waals surface area contributed by atoms with Crippen molar-refractivity contribution in [3.8, 4) is 11.6 Å². The molecule has 3 aromatic rings. The lowest BCUT2D eigenvalue weighted by molar-refractivity contribution is -0.137. The van der Waals surface area contributed by atoms with E-state index >= 15 is 0 Å². The Balaban J connectivity index is 1.52. The highest BCUT2D eigenvalue weighted by molar-refractivity contribution is 7.10. The lowest BCUT2D eigenvalue weighted by Crippen LogP contribution is -2.61. The minimum absolute atomic E-state index is 0.0904. The third kappa shape index (κ3) is 4.79. The molecular weight excluding hydrogens is 503 g/mol. The van der Waals surface area contributed by atoms with Gasteiger partial charge in [-0.15, -0.1) is 11.3 Å². The summed E-state index contributed by atoms with van der Waals surface area (Å²) in [5.41, 5.74) is 1.48. The summed E-state index contributed by atoms with van der Waals surface area (Å²) in [7, 11) is 3.06. The van der Waals surface area contributed by atoms with Crippen LogP contribution in [0.3, 0.4) is 0 Å². The van der Waals surface area contributed by atoms with E-state index in [4.69, 9.17) is 14.5 Å². The van der Waals surface area contributed by atoms with Crippen LogP contribution < -0.4 is 19.3 Å². The summed E-state index contributed by atoms with van der Waals surface area (Å²) in [5.74, 6) is 1.53. The Morgan fingerprint density at radius 3 is 2.43 bits per heavy atom. The molecule has 2 unspecified atom stereocenters. The number of thiophene rings is 1. The molecule has 2 aliphatic rings. The second-order valence-electron chi connectivity index (χ2n) is 9.18. The third-order valence-corrected chi connectivity index (χ3v) is 7.60. The second kappa shape index (κ2) is 9.77. The van der Waals surface area contributed by atoms with Gasteiger partial charge in [-0.25, -0.2) is 9.98 Å². The SMILES string of the molecule is COc1cc(N2C(C)CN(C3=Nc4ccsc4CN3c3cc(C(F)(F)F)ccc3OC)CC2C)ccn1. The number of piperazine rings is 1. The van der Waals surface area contributed by atoms with Crippen molar-refractivity contribution in [3.05, 3.63) is 58.4 Å². The first-order chi connectivity index (χ1) is 17.7. The summed E-state index contributed by atoms with van der Waals surface area (Å²) in [4.78, 5) is 16.5. The van der Waals surface area contributed by atoms with Crippen molar-refractivity contribution in [3.63, 3.8) is 0 Å². The molecule has 7 nitrogen and oxygen atoms in total. The van der Waals surface area contributed by atoms with Crippen LogP contribution in [0, 0.1) is 0 Å². The van der Waals surface area contributed by atoms with Gasteiger partial charge < -0.3 is 24.2 Å².